The van der Waals surface area contributed by atoms with E-state index in [0.29, 0.717) is 0 Å². The summed E-state index contributed by atoms with van der Waals surface area (Å²) in [4.78, 5) is 32.9. The maximum atomic E-state index is 11.1. The summed E-state index contributed by atoms with van der Waals surface area (Å²) in [6.45, 7) is 1.42. The van der Waals surface area contributed by atoms with Crippen LogP contribution in [0.2, 0.25) is 0 Å². The van der Waals surface area contributed by atoms with E-state index in [-0.39, 0.29) is 5.76 Å². The van der Waals surface area contributed by atoms with Crippen molar-refractivity contribution in [1.82, 2.24) is 0 Å². The van der Waals surface area contributed by atoms with Crippen LogP contribution in [0.3, 0.4) is 0 Å². The minimum Gasteiger partial charge on any atom is -0.421 e. The molecule has 2 N–H and O–H groups in total. The molecule has 0 fully saturated rings. The first-order valence-electron chi connectivity index (χ1n) is 3.96. The number of hydrogen-bond donors (Lipinski definition) is 1. The average molecular weight is 195 g/mol. The largest absolute Gasteiger partial charge is 0.421 e. The number of ether oxygens (including phenoxy) is 1. The van der Waals surface area contributed by atoms with E-state index in [2.05, 4.69) is 4.74 Å². The number of esters is 1. The number of rotatable bonds is 2. The Hall–Kier alpha value is -1.75. The molecular weight excluding hydrogens is 186 g/mol. The van der Waals surface area contributed by atoms with Gasteiger partial charge in [-0.2, -0.15) is 0 Å². The topological polar surface area (TPSA) is 86.5 Å². The Bertz CT molecular complexity index is 352. The molecule has 0 radical (unpaired) electrons. The number of nitrogens with two attached hydrogens (primary N) is 1. The van der Waals surface area contributed by atoms with E-state index in [0.717, 1.165) is 6.08 Å². The Morgan fingerprint density at radius 3 is 2.71 bits per heavy atom. The van der Waals surface area contributed by atoms with Crippen LogP contribution < -0.4 is 5.73 Å². The molecule has 1 rings (SSSR count). The summed E-state index contributed by atoms with van der Waals surface area (Å²) in [7, 11) is 0. The molecule has 1 aliphatic carbocycles. The standard InChI is InChI=1S/C9H9NO4/c1-5(10)9(13)14-7-4-2-3-6(11)8(7)12/h2-5H,10H2,1H3/t5-/m0/s1. The molecule has 5 heteroatoms. The predicted molar refractivity (Wildman–Crippen MR) is 47.0 cm³/mol. The SMILES string of the molecule is C[C@H](N)C(=O)OC1=CC=CC(=O)C1=O. The zero-order chi connectivity index (χ0) is 10.7. The highest BCUT2D eigenvalue weighted by atomic mass is 16.5. The fourth-order valence-electron chi connectivity index (χ4n) is 0.777. The van der Waals surface area contributed by atoms with Gasteiger partial charge < -0.3 is 10.5 Å². The Morgan fingerprint density at radius 2 is 2.14 bits per heavy atom. The molecule has 0 unspecified atom stereocenters. The second-order valence-electron chi connectivity index (χ2n) is 2.79. The van der Waals surface area contributed by atoms with Crippen molar-refractivity contribution in [3.8, 4) is 0 Å². The van der Waals surface area contributed by atoms with Gasteiger partial charge in [-0.1, -0.05) is 6.08 Å². The molecule has 0 amide bonds. The van der Waals surface area contributed by atoms with Gasteiger partial charge in [-0.05, 0) is 19.1 Å². The molecule has 0 aromatic carbocycles. The summed E-state index contributed by atoms with van der Waals surface area (Å²) >= 11 is 0. The molecule has 14 heavy (non-hydrogen) atoms. The van der Waals surface area contributed by atoms with Gasteiger partial charge in [0.05, 0.1) is 0 Å². The molecule has 0 saturated carbocycles. The first-order valence-corrected chi connectivity index (χ1v) is 3.96. The Balaban J connectivity index is 2.75. The van der Waals surface area contributed by atoms with Crippen LogP contribution in [0.25, 0.3) is 0 Å². The van der Waals surface area contributed by atoms with Crippen molar-refractivity contribution in [2.24, 2.45) is 5.73 Å². The van der Waals surface area contributed by atoms with Crippen LogP contribution >= 0.6 is 0 Å². The summed E-state index contributed by atoms with van der Waals surface area (Å²) in [5.41, 5.74) is 5.22. The molecule has 1 aliphatic rings. The van der Waals surface area contributed by atoms with E-state index in [1.807, 2.05) is 0 Å². The van der Waals surface area contributed by atoms with Crippen LogP contribution in [0.15, 0.2) is 24.0 Å². The van der Waals surface area contributed by atoms with E-state index < -0.39 is 23.6 Å². The lowest BCUT2D eigenvalue weighted by Gasteiger charge is -2.09. The van der Waals surface area contributed by atoms with E-state index in [1.165, 1.54) is 19.1 Å². The summed E-state index contributed by atoms with van der Waals surface area (Å²) in [6, 6.07) is -0.829. The van der Waals surface area contributed by atoms with E-state index >= 15 is 0 Å². The molecule has 0 aromatic rings. The minimum atomic E-state index is -0.832. The third-order valence-electron chi connectivity index (χ3n) is 1.53. The van der Waals surface area contributed by atoms with Crippen LogP contribution in [-0.2, 0) is 19.1 Å². The lowest BCUT2D eigenvalue weighted by Crippen LogP contribution is -2.31. The van der Waals surface area contributed by atoms with E-state index in [1.54, 1.807) is 0 Å². The second-order valence-corrected chi connectivity index (χ2v) is 2.79. The summed E-state index contributed by atoms with van der Waals surface area (Å²) in [5.74, 6) is -2.56. The number of hydrogen-bond acceptors (Lipinski definition) is 5. The molecule has 0 aromatic heterocycles. The molecule has 0 saturated heterocycles. The van der Waals surface area contributed by atoms with Gasteiger partial charge in [-0.25, -0.2) is 4.79 Å². The molecule has 0 aliphatic heterocycles. The van der Waals surface area contributed by atoms with Crippen LogP contribution in [0, 0.1) is 0 Å². The normalized spacial score (nSPS) is 17.7. The number of Topliss-reactive ketones (excluding diaryl/α,β-unsaturated/α-hetero) is 1. The number of carbonyl (C=O) groups excluding carboxylic acids is 3. The molecule has 74 valence electrons. The lowest BCUT2D eigenvalue weighted by molar-refractivity contribution is -0.145. The van der Waals surface area contributed by atoms with Crippen molar-refractivity contribution in [1.29, 1.82) is 0 Å². The zero-order valence-electron chi connectivity index (χ0n) is 7.52. The molecule has 5 nitrogen and oxygen atoms in total. The monoisotopic (exact) mass is 195 g/mol. The molecular formula is C9H9NO4. The fraction of sp³-hybridized carbons (Fsp3) is 0.222. The minimum absolute atomic E-state index is 0.278. The van der Waals surface area contributed by atoms with E-state index in [4.69, 9.17) is 5.73 Å². The summed E-state index contributed by atoms with van der Waals surface area (Å²) in [6.07, 6.45) is 3.70. The van der Waals surface area contributed by atoms with Gasteiger partial charge in [-0.15, -0.1) is 0 Å². The van der Waals surface area contributed by atoms with Gasteiger partial charge in [0.25, 0.3) is 5.78 Å². The lowest BCUT2D eigenvalue weighted by atomic mass is 10.1. The predicted octanol–water partition coefficient (Wildman–Crippen LogP) is -0.531. The van der Waals surface area contributed by atoms with Crippen molar-refractivity contribution >= 4 is 17.5 Å². The second kappa shape index (κ2) is 3.97. The Morgan fingerprint density at radius 1 is 1.50 bits per heavy atom. The first-order chi connectivity index (χ1) is 6.52. The Labute approximate surface area is 80.2 Å². The van der Waals surface area contributed by atoms with Crippen molar-refractivity contribution in [2.75, 3.05) is 0 Å². The van der Waals surface area contributed by atoms with Crippen LogP contribution in [-0.4, -0.2) is 23.6 Å². The van der Waals surface area contributed by atoms with E-state index in [9.17, 15) is 14.4 Å². The number of allylic oxidation sites excluding steroid dienone is 4. The highest BCUT2D eigenvalue weighted by molar-refractivity contribution is 6.47. The summed E-state index contributed by atoms with van der Waals surface area (Å²) < 4.78 is 4.61. The van der Waals surface area contributed by atoms with Crippen molar-refractivity contribution in [3.05, 3.63) is 24.0 Å². The quantitative estimate of drug-likeness (QED) is 0.363. The average Bonchev–Trinajstić information content (AvgIpc) is 2.12. The highest BCUT2D eigenvalue weighted by Crippen LogP contribution is 2.07. The highest BCUT2D eigenvalue weighted by Gasteiger charge is 2.23. The molecule has 0 heterocycles. The third-order valence-corrected chi connectivity index (χ3v) is 1.53. The van der Waals surface area contributed by atoms with Crippen molar-refractivity contribution < 1.29 is 19.1 Å². The van der Waals surface area contributed by atoms with Gasteiger partial charge >= 0.3 is 5.97 Å². The maximum Gasteiger partial charge on any atom is 0.328 e. The van der Waals surface area contributed by atoms with Crippen LogP contribution in [0.5, 0.6) is 0 Å². The smallest absolute Gasteiger partial charge is 0.328 e. The first kappa shape index (κ1) is 10.3. The van der Waals surface area contributed by atoms with Crippen molar-refractivity contribution in [2.45, 2.75) is 13.0 Å². The van der Waals surface area contributed by atoms with Gasteiger partial charge in [0, 0.05) is 0 Å². The molecule has 0 spiro atoms. The molecule has 1 atom stereocenters. The maximum absolute atomic E-state index is 11.1. The Kier molecular flexibility index (Phi) is 2.93. The fourth-order valence-corrected chi connectivity index (χ4v) is 0.777. The number of carbonyl (C=O) groups is 3. The van der Waals surface area contributed by atoms with Crippen LogP contribution in [0.4, 0.5) is 0 Å². The third kappa shape index (κ3) is 2.14. The van der Waals surface area contributed by atoms with Gasteiger partial charge in [0.2, 0.25) is 5.78 Å². The van der Waals surface area contributed by atoms with Gasteiger partial charge in [0.15, 0.2) is 5.76 Å². The number of ketones is 2. The van der Waals surface area contributed by atoms with Gasteiger partial charge in [-0.3, -0.25) is 9.59 Å². The van der Waals surface area contributed by atoms with Crippen molar-refractivity contribution in [3.63, 3.8) is 0 Å². The van der Waals surface area contributed by atoms with Gasteiger partial charge in [0.1, 0.15) is 6.04 Å². The molecule has 0 bridgehead atoms. The summed E-state index contributed by atoms with van der Waals surface area (Å²) in [5, 5.41) is 0. The zero-order valence-corrected chi connectivity index (χ0v) is 7.52. The van der Waals surface area contributed by atoms with Crippen LogP contribution in [0.1, 0.15) is 6.92 Å².